The van der Waals surface area contributed by atoms with Crippen LogP contribution in [0.4, 0.5) is 0 Å². The minimum atomic E-state index is -4.83. The number of rotatable bonds is 27. The summed E-state index contributed by atoms with van der Waals surface area (Å²) < 4.78 is 50.2. The van der Waals surface area contributed by atoms with Gasteiger partial charge in [0.2, 0.25) is 0 Å². The van der Waals surface area contributed by atoms with Crippen molar-refractivity contribution in [2.24, 2.45) is 0 Å². The van der Waals surface area contributed by atoms with E-state index in [9.17, 15) is 19.0 Å². The maximum Gasteiger partial charge on any atom is 1.00 e. The van der Waals surface area contributed by atoms with Gasteiger partial charge in [-0.1, -0.05) is 145 Å². The Labute approximate surface area is 383 Å². The van der Waals surface area contributed by atoms with E-state index in [4.69, 9.17) is 28.0 Å². The molecule has 1 unspecified atom stereocenters. The average Bonchev–Trinajstić information content (AvgIpc) is 3.65. The molecule has 1 aliphatic rings. The Morgan fingerprint density at radius 3 is 1.75 bits per heavy atom. The van der Waals surface area contributed by atoms with E-state index >= 15 is 0 Å². The van der Waals surface area contributed by atoms with Gasteiger partial charge in [-0.3, -0.25) is 18.9 Å². The van der Waals surface area contributed by atoms with E-state index in [1.807, 2.05) is 78.9 Å². The molecule has 1 saturated heterocycles. The van der Waals surface area contributed by atoms with Crippen LogP contribution >= 0.6 is 7.82 Å². The maximum absolute atomic E-state index is 13.4. The molecule has 4 aromatic rings. The number of unbranched alkanes of at least 4 members (excludes halogenated alkanes) is 13. The second-order valence-electron chi connectivity index (χ2n) is 15.7. The van der Waals surface area contributed by atoms with Gasteiger partial charge in [-0.25, -0.2) is 4.79 Å². The Bertz CT molecular complexity index is 1980. The van der Waals surface area contributed by atoms with Crippen LogP contribution in [0.25, 0.3) is 0 Å². The van der Waals surface area contributed by atoms with Crippen LogP contribution in [0.3, 0.4) is 0 Å². The topological polar surface area (TPSA) is 150 Å². The third kappa shape index (κ3) is 14.8. The van der Waals surface area contributed by atoms with Crippen molar-refractivity contribution in [3.05, 3.63) is 128 Å². The van der Waals surface area contributed by atoms with Gasteiger partial charge in [-0.15, -0.1) is 0 Å². The van der Waals surface area contributed by atoms with Gasteiger partial charge >= 0.3 is 35.2 Å². The number of H-pyrrole nitrogens is 1. The molecular weight excluding hydrogens is 806 g/mol. The second-order valence-corrected chi connectivity index (χ2v) is 17.0. The van der Waals surface area contributed by atoms with Crippen LogP contribution in [-0.2, 0) is 28.7 Å². The number of aromatic nitrogens is 2. The van der Waals surface area contributed by atoms with Crippen LogP contribution in [0.5, 0.6) is 11.5 Å². The van der Waals surface area contributed by atoms with E-state index < -0.39 is 43.1 Å². The largest absolute Gasteiger partial charge is 1.00 e. The normalized spacial score (nSPS) is 17.4. The molecule has 0 radical (unpaired) electrons. The van der Waals surface area contributed by atoms with E-state index in [1.54, 1.807) is 21.1 Å². The van der Waals surface area contributed by atoms with Crippen molar-refractivity contribution in [1.29, 1.82) is 0 Å². The Balaban J connectivity index is 0.00000819. The van der Waals surface area contributed by atoms with Crippen molar-refractivity contribution in [1.82, 2.24) is 9.55 Å². The van der Waals surface area contributed by atoms with Crippen LogP contribution in [0.1, 0.15) is 132 Å². The first-order chi connectivity index (χ1) is 29.1. The molecule has 2 heterocycles. The van der Waals surface area contributed by atoms with Gasteiger partial charge in [0.05, 0.1) is 33.5 Å². The summed E-state index contributed by atoms with van der Waals surface area (Å²) in [6, 6.07) is 24.7. The summed E-state index contributed by atoms with van der Waals surface area (Å²) in [6.45, 7) is 3.66. The summed E-state index contributed by atoms with van der Waals surface area (Å²) in [5.74, 6) is 1.32. The zero-order chi connectivity index (χ0) is 42.8. The molecule has 4 atom stereocenters. The van der Waals surface area contributed by atoms with Crippen molar-refractivity contribution in [2.45, 2.75) is 134 Å². The zero-order valence-electron chi connectivity index (χ0n) is 36.8. The number of phosphoric acid groups is 1. The Morgan fingerprint density at radius 1 is 0.754 bits per heavy atom. The maximum atomic E-state index is 13.4. The fourth-order valence-electron chi connectivity index (χ4n) is 7.88. The van der Waals surface area contributed by atoms with Crippen molar-refractivity contribution in [2.75, 3.05) is 27.4 Å². The summed E-state index contributed by atoms with van der Waals surface area (Å²) in [4.78, 5) is 41.0. The van der Waals surface area contributed by atoms with Gasteiger partial charge in [0.25, 0.3) is 13.4 Å². The number of methoxy groups -OCH3 is 2. The first-order valence-electron chi connectivity index (χ1n) is 21.7. The molecule has 3 aromatic carbocycles. The van der Waals surface area contributed by atoms with Crippen molar-refractivity contribution < 1.29 is 67.0 Å². The van der Waals surface area contributed by atoms with Gasteiger partial charge in [0.1, 0.15) is 29.4 Å². The molecule has 0 aliphatic carbocycles. The number of ether oxygens (including phenoxy) is 4. The summed E-state index contributed by atoms with van der Waals surface area (Å²) in [6.07, 6.45) is 14.9. The summed E-state index contributed by atoms with van der Waals surface area (Å²) in [5.41, 5.74) is 0.187. The molecule has 1 aliphatic heterocycles. The third-order valence-electron chi connectivity index (χ3n) is 11.3. The number of hydrogen-bond donors (Lipinski definition) is 1. The number of phosphoric ester groups is 1. The van der Waals surface area contributed by atoms with Crippen LogP contribution < -0.4 is 55.2 Å². The van der Waals surface area contributed by atoms with Gasteiger partial charge in [0.15, 0.2) is 0 Å². The van der Waals surface area contributed by atoms with E-state index in [0.717, 1.165) is 36.0 Å². The monoisotopic (exact) mass is 870 g/mol. The quantitative estimate of drug-likeness (QED) is 0.0304. The zero-order valence-corrected chi connectivity index (χ0v) is 39.7. The summed E-state index contributed by atoms with van der Waals surface area (Å²) >= 11 is 0. The van der Waals surface area contributed by atoms with Gasteiger partial charge in [-0.2, -0.15) is 0 Å². The fourth-order valence-corrected chi connectivity index (χ4v) is 8.85. The molecule has 0 saturated carbocycles. The number of aryl methyl sites for hydroxylation is 1. The molecular formula is C47H64N2NaO10P. The van der Waals surface area contributed by atoms with E-state index in [-0.39, 0.29) is 49.2 Å². The Kier molecular flexibility index (Phi) is 21.5. The Morgan fingerprint density at radius 2 is 1.25 bits per heavy atom. The molecule has 0 bridgehead atoms. The molecule has 12 nitrogen and oxygen atoms in total. The van der Waals surface area contributed by atoms with E-state index in [2.05, 4.69) is 11.9 Å². The van der Waals surface area contributed by atoms with E-state index in [0.29, 0.717) is 23.5 Å². The van der Waals surface area contributed by atoms with Crippen LogP contribution in [0.2, 0.25) is 0 Å². The first kappa shape index (κ1) is 50.6. The smallest absolute Gasteiger partial charge is 0.756 e. The van der Waals surface area contributed by atoms with Crippen LogP contribution in [0.15, 0.2) is 94.6 Å². The minimum Gasteiger partial charge on any atom is -0.756 e. The number of nitrogens with one attached hydrogen (secondary N) is 1. The van der Waals surface area contributed by atoms with Gasteiger partial charge < -0.3 is 32.9 Å². The van der Waals surface area contributed by atoms with Gasteiger partial charge in [-0.05, 0) is 54.3 Å². The molecule has 328 valence electrons. The Hall–Kier alpha value is -3.03. The number of nitrogens with zero attached hydrogens (tertiary/aromatic N) is 1. The van der Waals surface area contributed by atoms with Crippen molar-refractivity contribution in [3.8, 4) is 11.5 Å². The molecule has 14 heteroatoms. The molecule has 1 aromatic heterocycles. The van der Waals surface area contributed by atoms with Crippen LogP contribution in [-0.4, -0.2) is 49.2 Å². The van der Waals surface area contributed by atoms with Crippen molar-refractivity contribution >= 4 is 7.82 Å². The third-order valence-corrected chi connectivity index (χ3v) is 12.3. The predicted octanol–water partition coefficient (Wildman–Crippen LogP) is 6.51. The molecule has 1 fully saturated rings. The summed E-state index contributed by atoms with van der Waals surface area (Å²) in [7, 11) is -1.63. The predicted molar refractivity (Wildman–Crippen MR) is 232 cm³/mol. The SMILES string of the molecule is CCCCCCCCCCCCCCCCOP(=O)([O-])O[C@H]1C[C@H](n2cc(C)c(=O)[nH]c2=O)O[C@@H]1COC(c1ccccc1)(c1ccc(OC)cc1)c1ccc(OC)cc1.[Na+]. The summed E-state index contributed by atoms with van der Waals surface area (Å²) in [5, 5.41) is 0. The van der Waals surface area contributed by atoms with Crippen LogP contribution in [0, 0.1) is 6.92 Å². The molecule has 0 amide bonds. The standard InChI is InChI=1S/C47H65N2O10P.Na/c1-5-6-7-8-9-10-11-12-13-14-15-16-17-21-32-57-60(52,53)59-42-33-44(49-34-36(2)45(50)48-46(49)51)58-43(42)35-56-47(37-22-19-18-20-23-37,38-24-28-40(54-3)29-25-38)39-26-30-41(55-4)31-27-39;/h18-20,22-31,34,42-44H,5-17,21,32-33,35H2,1-4H3,(H,52,53)(H,48,50,51);/q;+1/p-1/t42-,43+,44+;/m0./s1. The molecule has 1 N–H and O–H groups in total. The number of hydrogen-bond acceptors (Lipinski definition) is 10. The van der Waals surface area contributed by atoms with E-state index in [1.165, 1.54) is 75.0 Å². The number of aromatic amines is 1. The van der Waals surface area contributed by atoms with Crippen molar-refractivity contribution in [3.63, 3.8) is 0 Å². The molecule has 0 spiro atoms. The molecule has 5 rings (SSSR count). The second kappa shape index (κ2) is 25.9. The minimum absolute atomic E-state index is 0. The van der Waals surface area contributed by atoms with Gasteiger partial charge in [0, 0.05) is 18.2 Å². The average molecular weight is 871 g/mol. The fraction of sp³-hybridized carbons (Fsp3) is 0.532. The molecule has 61 heavy (non-hydrogen) atoms. The first-order valence-corrected chi connectivity index (χ1v) is 23.2. The number of benzene rings is 3.